The van der Waals surface area contributed by atoms with Crippen LogP contribution in [0.25, 0.3) is 21.6 Å². The minimum Gasteiger partial charge on any atom is -0.373 e. The third-order valence-corrected chi connectivity index (χ3v) is 4.07. The highest BCUT2D eigenvalue weighted by Crippen LogP contribution is 2.33. The van der Waals surface area contributed by atoms with E-state index >= 15 is 0 Å². The maximum Gasteiger partial charge on any atom is 0.172 e. The maximum absolute atomic E-state index is 6.23. The molecule has 0 fully saturated rings. The standard InChI is InChI=1S/C13H9Cl2N3S/c1-16-12-8-5-7(14)6-9(15)11(8)17-13(18-12)10-3-2-4-19-10/h2-6H,1H3,(H,16,17,18). The lowest BCUT2D eigenvalue weighted by Gasteiger charge is -2.08. The van der Waals surface area contributed by atoms with Crippen LogP contribution in [0.15, 0.2) is 29.6 Å². The smallest absolute Gasteiger partial charge is 0.172 e. The van der Waals surface area contributed by atoms with Gasteiger partial charge in [0.15, 0.2) is 5.82 Å². The van der Waals surface area contributed by atoms with Gasteiger partial charge in [-0.3, -0.25) is 0 Å². The fraction of sp³-hybridized carbons (Fsp3) is 0.0769. The minimum absolute atomic E-state index is 0.527. The molecule has 3 aromatic rings. The van der Waals surface area contributed by atoms with Crippen molar-refractivity contribution >= 4 is 51.3 Å². The first-order valence-corrected chi connectivity index (χ1v) is 7.21. The van der Waals surface area contributed by atoms with Crippen LogP contribution in [0.3, 0.4) is 0 Å². The molecule has 0 radical (unpaired) electrons. The van der Waals surface area contributed by atoms with Crippen molar-refractivity contribution in [2.24, 2.45) is 0 Å². The molecule has 6 heteroatoms. The predicted molar refractivity (Wildman–Crippen MR) is 82.4 cm³/mol. The number of nitrogens with zero attached hydrogens (tertiary/aromatic N) is 2. The number of benzene rings is 1. The molecule has 0 unspecified atom stereocenters. The van der Waals surface area contributed by atoms with Gasteiger partial charge in [-0.2, -0.15) is 0 Å². The van der Waals surface area contributed by atoms with E-state index in [9.17, 15) is 0 Å². The molecule has 0 aliphatic heterocycles. The van der Waals surface area contributed by atoms with Crippen molar-refractivity contribution in [1.82, 2.24) is 9.97 Å². The SMILES string of the molecule is CNc1nc(-c2cccs2)nc2c(Cl)cc(Cl)cc12. The van der Waals surface area contributed by atoms with Crippen molar-refractivity contribution in [3.63, 3.8) is 0 Å². The molecule has 2 aromatic heterocycles. The average Bonchev–Trinajstić information content (AvgIpc) is 2.91. The van der Waals surface area contributed by atoms with Crippen LogP contribution in [0.2, 0.25) is 10.0 Å². The quantitative estimate of drug-likeness (QED) is 0.745. The molecule has 1 N–H and O–H groups in total. The molecule has 0 aliphatic rings. The molecule has 0 bridgehead atoms. The topological polar surface area (TPSA) is 37.8 Å². The first kappa shape index (κ1) is 12.7. The largest absolute Gasteiger partial charge is 0.373 e. The molecular formula is C13H9Cl2N3S. The lowest BCUT2D eigenvalue weighted by Crippen LogP contribution is -1.98. The number of aromatic nitrogens is 2. The Labute approximate surface area is 124 Å². The molecule has 0 amide bonds. The molecule has 1 aromatic carbocycles. The first-order valence-electron chi connectivity index (χ1n) is 5.57. The summed E-state index contributed by atoms with van der Waals surface area (Å²) >= 11 is 13.8. The number of thiophene rings is 1. The van der Waals surface area contributed by atoms with E-state index in [2.05, 4.69) is 15.3 Å². The summed E-state index contributed by atoms with van der Waals surface area (Å²) in [5.74, 6) is 1.38. The average molecular weight is 310 g/mol. The Morgan fingerprint density at radius 1 is 1.21 bits per heavy atom. The van der Waals surface area contributed by atoms with Crippen molar-refractivity contribution in [2.75, 3.05) is 12.4 Å². The monoisotopic (exact) mass is 309 g/mol. The zero-order valence-corrected chi connectivity index (χ0v) is 12.3. The van der Waals surface area contributed by atoms with Gasteiger partial charge in [0.1, 0.15) is 5.82 Å². The minimum atomic E-state index is 0.527. The molecule has 0 atom stereocenters. The third-order valence-electron chi connectivity index (χ3n) is 2.70. The van der Waals surface area contributed by atoms with Gasteiger partial charge in [-0.1, -0.05) is 29.3 Å². The second kappa shape index (κ2) is 4.96. The summed E-state index contributed by atoms with van der Waals surface area (Å²) in [4.78, 5) is 10.1. The number of hydrogen-bond donors (Lipinski definition) is 1. The molecule has 3 nitrogen and oxygen atoms in total. The molecule has 0 saturated carbocycles. The summed E-state index contributed by atoms with van der Waals surface area (Å²) in [5, 5.41) is 6.97. The van der Waals surface area contributed by atoms with Crippen LogP contribution in [0, 0.1) is 0 Å². The maximum atomic E-state index is 6.23. The highest BCUT2D eigenvalue weighted by Gasteiger charge is 2.12. The summed E-state index contributed by atoms with van der Waals surface area (Å²) < 4.78 is 0. The van der Waals surface area contributed by atoms with Crippen LogP contribution < -0.4 is 5.32 Å². The van der Waals surface area contributed by atoms with Gasteiger partial charge >= 0.3 is 0 Å². The predicted octanol–water partition coefficient (Wildman–Crippen LogP) is 4.71. The van der Waals surface area contributed by atoms with Gasteiger partial charge in [0.25, 0.3) is 0 Å². The van der Waals surface area contributed by atoms with Crippen LogP contribution >= 0.6 is 34.5 Å². The Bertz CT molecular complexity index is 741. The van der Waals surface area contributed by atoms with E-state index in [4.69, 9.17) is 23.2 Å². The van der Waals surface area contributed by atoms with E-state index in [1.165, 1.54) is 0 Å². The van der Waals surface area contributed by atoms with Crippen LogP contribution in [0.1, 0.15) is 0 Å². The van der Waals surface area contributed by atoms with Crippen LogP contribution in [0.5, 0.6) is 0 Å². The molecule has 3 rings (SSSR count). The molecule has 19 heavy (non-hydrogen) atoms. The molecule has 0 saturated heterocycles. The third kappa shape index (κ3) is 2.27. The van der Waals surface area contributed by atoms with E-state index in [1.807, 2.05) is 30.6 Å². The Morgan fingerprint density at radius 2 is 2.05 bits per heavy atom. The number of hydrogen-bond acceptors (Lipinski definition) is 4. The summed E-state index contributed by atoms with van der Waals surface area (Å²) in [5.41, 5.74) is 0.703. The van der Waals surface area contributed by atoms with E-state index in [0.29, 0.717) is 21.4 Å². The van der Waals surface area contributed by atoms with E-state index in [-0.39, 0.29) is 0 Å². The van der Waals surface area contributed by atoms with Gasteiger partial charge in [-0.25, -0.2) is 9.97 Å². The Hall–Kier alpha value is -1.36. The van der Waals surface area contributed by atoms with Crippen molar-refractivity contribution in [3.05, 3.63) is 39.7 Å². The summed E-state index contributed by atoms with van der Waals surface area (Å²) in [6, 6.07) is 7.45. The zero-order chi connectivity index (χ0) is 13.4. The molecule has 0 spiro atoms. The van der Waals surface area contributed by atoms with Gasteiger partial charge in [0, 0.05) is 17.5 Å². The number of nitrogens with one attached hydrogen (secondary N) is 1. The van der Waals surface area contributed by atoms with Crippen molar-refractivity contribution in [2.45, 2.75) is 0 Å². The number of fused-ring (bicyclic) bond motifs is 1. The molecular weight excluding hydrogens is 301 g/mol. The molecule has 96 valence electrons. The van der Waals surface area contributed by atoms with E-state index in [0.717, 1.165) is 16.1 Å². The van der Waals surface area contributed by atoms with Gasteiger partial charge < -0.3 is 5.32 Å². The fourth-order valence-electron chi connectivity index (χ4n) is 1.86. The van der Waals surface area contributed by atoms with Gasteiger partial charge in [0.2, 0.25) is 0 Å². The Balaban J connectivity index is 2.34. The Kier molecular flexibility index (Phi) is 3.31. The van der Waals surface area contributed by atoms with Crippen molar-refractivity contribution in [3.8, 4) is 10.7 Å². The highest BCUT2D eigenvalue weighted by molar-refractivity contribution is 7.13. The number of halogens is 2. The van der Waals surface area contributed by atoms with Crippen molar-refractivity contribution in [1.29, 1.82) is 0 Å². The summed E-state index contributed by atoms with van der Waals surface area (Å²) in [7, 11) is 1.81. The number of rotatable bonds is 2. The summed E-state index contributed by atoms with van der Waals surface area (Å²) in [6.45, 7) is 0. The van der Waals surface area contributed by atoms with E-state index < -0.39 is 0 Å². The lowest BCUT2D eigenvalue weighted by atomic mass is 10.2. The van der Waals surface area contributed by atoms with Crippen LogP contribution in [-0.4, -0.2) is 17.0 Å². The van der Waals surface area contributed by atoms with Crippen LogP contribution in [0.4, 0.5) is 5.82 Å². The first-order chi connectivity index (χ1) is 9.19. The summed E-state index contributed by atoms with van der Waals surface area (Å²) in [6.07, 6.45) is 0. The molecule has 0 aliphatic carbocycles. The Morgan fingerprint density at radius 3 is 2.74 bits per heavy atom. The fourth-order valence-corrected chi connectivity index (χ4v) is 3.06. The zero-order valence-electron chi connectivity index (χ0n) is 9.95. The normalized spacial score (nSPS) is 10.9. The second-order valence-corrected chi connectivity index (χ2v) is 5.70. The van der Waals surface area contributed by atoms with E-state index in [1.54, 1.807) is 17.4 Å². The lowest BCUT2D eigenvalue weighted by molar-refractivity contribution is 1.22. The molecule has 2 heterocycles. The van der Waals surface area contributed by atoms with Gasteiger partial charge in [0.05, 0.1) is 15.4 Å². The number of anilines is 1. The van der Waals surface area contributed by atoms with Gasteiger partial charge in [-0.15, -0.1) is 11.3 Å². The van der Waals surface area contributed by atoms with Crippen molar-refractivity contribution < 1.29 is 0 Å². The second-order valence-electron chi connectivity index (χ2n) is 3.91. The highest BCUT2D eigenvalue weighted by atomic mass is 35.5. The van der Waals surface area contributed by atoms with Gasteiger partial charge in [-0.05, 0) is 23.6 Å². The van der Waals surface area contributed by atoms with Crippen LogP contribution in [-0.2, 0) is 0 Å².